The summed E-state index contributed by atoms with van der Waals surface area (Å²) in [7, 11) is 0. The van der Waals surface area contributed by atoms with Crippen LogP contribution in [0.25, 0.3) is 0 Å². The summed E-state index contributed by atoms with van der Waals surface area (Å²) in [5.74, 6) is 1.63. The number of halogens is 2. The Labute approximate surface area is 130 Å². The maximum absolute atomic E-state index is 5.99. The van der Waals surface area contributed by atoms with E-state index in [1.807, 2.05) is 49.4 Å². The Kier molecular flexibility index (Phi) is 5.02. The molecule has 0 fully saturated rings. The summed E-state index contributed by atoms with van der Waals surface area (Å²) in [5, 5.41) is 0. The molecule has 0 aliphatic heterocycles. The van der Waals surface area contributed by atoms with Crippen molar-refractivity contribution in [2.75, 3.05) is 0 Å². The second-order valence-electron chi connectivity index (χ2n) is 4.47. The molecule has 0 radical (unpaired) electrons. The quantitative estimate of drug-likeness (QED) is 0.813. The van der Waals surface area contributed by atoms with Gasteiger partial charge in [-0.25, -0.2) is 0 Å². The van der Waals surface area contributed by atoms with Gasteiger partial charge in [0.05, 0.1) is 4.47 Å². The van der Waals surface area contributed by atoms with Crippen LogP contribution in [0.3, 0.4) is 0 Å². The largest absolute Gasteiger partial charge is 0.456 e. The number of hydrogen-bond donors (Lipinski definition) is 1. The normalized spacial score (nSPS) is 12.2. The highest BCUT2D eigenvalue weighted by Gasteiger charge is 2.09. The van der Waals surface area contributed by atoms with Crippen LogP contribution in [-0.2, 0) is 6.42 Å². The molecule has 0 aliphatic rings. The van der Waals surface area contributed by atoms with Crippen LogP contribution in [0.2, 0.25) is 0 Å². The molecule has 0 heterocycles. The fourth-order valence-corrected chi connectivity index (χ4v) is 2.49. The second kappa shape index (κ2) is 6.55. The van der Waals surface area contributed by atoms with E-state index < -0.39 is 0 Å². The van der Waals surface area contributed by atoms with Crippen molar-refractivity contribution in [3.05, 3.63) is 57.0 Å². The van der Waals surface area contributed by atoms with Crippen LogP contribution in [-0.4, -0.2) is 6.04 Å². The van der Waals surface area contributed by atoms with Crippen molar-refractivity contribution in [3.8, 4) is 11.5 Å². The van der Waals surface area contributed by atoms with Crippen LogP contribution in [0.1, 0.15) is 12.5 Å². The van der Waals surface area contributed by atoms with Gasteiger partial charge in [-0.05, 0) is 59.1 Å². The molecule has 0 spiro atoms. The van der Waals surface area contributed by atoms with E-state index in [9.17, 15) is 0 Å². The highest BCUT2D eigenvalue weighted by molar-refractivity contribution is 9.10. The SMILES string of the molecule is CC(N)Cc1ccc(Br)cc1Oc1ccccc1Br. The lowest BCUT2D eigenvalue weighted by Gasteiger charge is -2.14. The molecule has 0 aliphatic carbocycles. The van der Waals surface area contributed by atoms with Gasteiger partial charge in [0.2, 0.25) is 0 Å². The van der Waals surface area contributed by atoms with Crippen LogP contribution >= 0.6 is 31.9 Å². The van der Waals surface area contributed by atoms with E-state index >= 15 is 0 Å². The molecule has 0 saturated carbocycles. The van der Waals surface area contributed by atoms with Crippen molar-refractivity contribution < 1.29 is 4.74 Å². The molecule has 0 amide bonds. The minimum atomic E-state index is 0.0998. The average molecular weight is 385 g/mol. The Morgan fingerprint density at radius 3 is 2.53 bits per heavy atom. The van der Waals surface area contributed by atoms with Gasteiger partial charge in [-0.1, -0.05) is 34.1 Å². The van der Waals surface area contributed by atoms with Gasteiger partial charge in [-0.15, -0.1) is 0 Å². The number of hydrogen-bond acceptors (Lipinski definition) is 2. The van der Waals surface area contributed by atoms with Gasteiger partial charge in [-0.3, -0.25) is 0 Å². The summed E-state index contributed by atoms with van der Waals surface area (Å²) in [6.07, 6.45) is 0.785. The number of nitrogens with two attached hydrogens (primary N) is 1. The monoisotopic (exact) mass is 383 g/mol. The molecule has 2 aromatic rings. The van der Waals surface area contributed by atoms with E-state index in [0.717, 1.165) is 32.4 Å². The summed E-state index contributed by atoms with van der Waals surface area (Å²) in [5.41, 5.74) is 6.98. The standard InChI is InChI=1S/C15H15Br2NO/c1-10(18)8-11-6-7-12(16)9-15(11)19-14-5-3-2-4-13(14)17/h2-7,9-10H,8,18H2,1H3. The van der Waals surface area contributed by atoms with Crippen LogP contribution in [0.5, 0.6) is 11.5 Å². The minimum Gasteiger partial charge on any atom is -0.456 e. The maximum atomic E-state index is 5.99. The summed E-state index contributed by atoms with van der Waals surface area (Å²) >= 11 is 6.96. The predicted molar refractivity (Wildman–Crippen MR) is 85.7 cm³/mol. The van der Waals surface area contributed by atoms with Crippen molar-refractivity contribution >= 4 is 31.9 Å². The lowest BCUT2D eigenvalue weighted by molar-refractivity contribution is 0.470. The van der Waals surface area contributed by atoms with Gasteiger partial charge in [0.25, 0.3) is 0 Å². The molecule has 19 heavy (non-hydrogen) atoms. The average Bonchev–Trinajstić information content (AvgIpc) is 2.35. The zero-order valence-electron chi connectivity index (χ0n) is 10.6. The first-order chi connectivity index (χ1) is 9.06. The Bertz CT molecular complexity index is 570. The van der Waals surface area contributed by atoms with E-state index in [2.05, 4.69) is 31.9 Å². The number of rotatable bonds is 4. The molecule has 1 atom stereocenters. The van der Waals surface area contributed by atoms with Crippen LogP contribution in [0, 0.1) is 0 Å². The van der Waals surface area contributed by atoms with Crippen molar-refractivity contribution in [3.63, 3.8) is 0 Å². The van der Waals surface area contributed by atoms with Crippen LogP contribution in [0.4, 0.5) is 0 Å². The third kappa shape index (κ3) is 4.06. The molecule has 2 nitrogen and oxygen atoms in total. The van der Waals surface area contributed by atoms with Crippen molar-refractivity contribution in [2.45, 2.75) is 19.4 Å². The van der Waals surface area contributed by atoms with Crippen molar-refractivity contribution in [1.82, 2.24) is 0 Å². The van der Waals surface area contributed by atoms with Gasteiger partial charge in [0.1, 0.15) is 11.5 Å². The van der Waals surface area contributed by atoms with Crippen molar-refractivity contribution in [2.24, 2.45) is 5.73 Å². The number of para-hydroxylation sites is 1. The summed E-state index contributed by atoms with van der Waals surface area (Å²) in [6.45, 7) is 1.99. The second-order valence-corrected chi connectivity index (χ2v) is 6.24. The highest BCUT2D eigenvalue weighted by atomic mass is 79.9. The topological polar surface area (TPSA) is 35.2 Å². The molecule has 2 aromatic carbocycles. The fourth-order valence-electron chi connectivity index (χ4n) is 1.78. The van der Waals surface area contributed by atoms with E-state index in [1.165, 1.54) is 0 Å². The summed E-state index contributed by atoms with van der Waals surface area (Å²) < 4.78 is 7.91. The Morgan fingerprint density at radius 2 is 1.84 bits per heavy atom. The number of ether oxygens (including phenoxy) is 1. The zero-order valence-corrected chi connectivity index (χ0v) is 13.7. The van der Waals surface area contributed by atoms with Gasteiger partial charge in [-0.2, -0.15) is 0 Å². The van der Waals surface area contributed by atoms with Crippen molar-refractivity contribution in [1.29, 1.82) is 0 Å². The predicted octanol–water partition coefficient (Wildman–Crippen LogP) is 4.89. The smallest absolute Gasteiger partial charge is 0.141 e. The molecule has 0 saturated heterocycles. The highest BCUT2D eigenvalue weighted by Crippen LogP contribution is 2.33. The van der Waals surface area contributed by atoms with Gasteiger partial charge in [0.15, 0.2) is 0 Å². The summed E-state index contributed by atoms with van der Waals surface area (Å²) in [4.78, 5) is 0. The molecule has 2 rings (SSSR count). The fraction of sp³-hybridized carbons (Fsp3) is 0.200. The molecule has 100 valence electrons. The molecule has 0 aromatic heterocycles. The Morgan fingerprint density at radius 1 is 1.11 bits per heavy atom. The Hall–Kier alpha value is -0.840. The van der Waals surface area contributed by atoms with E-state index in [-0.39, 0.29) is 6.04 Å². The maximum Gasteiger partial charge on any atom is 0.141 e. The molecular weight excluding hydrogens is 370 g/mol. The first kappa shape index (κ1) is 14.6. The third-order valence-corrected chi connectivity index (χ3v) is 3.78. The van der Waals surface area contributed by atoms with Gasteiger partial charge >= 0.3 is 0 Å². The number of benzene rings is 2. The van der Waals surface area contributed by atoms with E-state index in [1.54, 1.807) is 0 Å². The molecule has 0 bridgehead atoms. The van der Waals surface area contributed by atoms with E-state index in [0.29, 0.717) is 0 Å². The van der Waals surface area contributed by atoms with Gasteiger partial charge in [0, 0.05) is 10.5 Å². The molecular formula is C15H15Br2NO. The lowest BCUT2D eigenvalue weighted by Crippen LogP contribution is -2.18. The first-order valence-electron chi connectivity index (χ1n) is 6.02. The Balaban J connectivity index is 2.33. The van der Waals surface area contributed by atoms with Gasteiger partial charge < -0.3 is 10.5 Å². The molecule has 1 unspecified atom stereocenters. The lowest BCUT2D eigenvalue weighted by atomic mass is 10.1. The summed E-state index contributed by atoms with van der Waals surface area (Å²) in [6, 6.07) is 13.9. The van der Waals surface area contributed by atoms with Crippen LogP contribution < -0.4 is 10.5 Å². The zero-order chi connectivity index (χ0) is 13.8. The first-order valence-corrected chi connectivity index (χ1v) is 7.61. The third-order valence-electron chi connectivity index (χ3n) is 2.63. The van der Waals surface area contributed by atoms with Crippen LogP contribution in [0.15, 0.2) is 51.4 Å². The molecule has 2 N–H and O–H groups in total. The minimum absolute atomic E-state index is 0.0998. The van der Waals surface area contributed by atoms with E-state index in [4.69, 9.17) is 10.5 Å². The molecule has 4 heteroatoms.